The summed E-state index contributed by atoms with van der Waals surface area (Å²) in [5, 5.41) is 2.74. The molecule has 0 heterocycles. The summed E-state index contributed by atoms with van der Waals surface area (Å²) in [6.45, 7) is 12.2. The first kappa shape index (κ1) is 25.5. The van der Waals surface area contributed by atoms with E-state index >= 15 is 0 Å². The van der Waals surface area contributed by atoms with Gasteiger partial charge in [-0.3, -0.25) is 0 Å². The molecule has 29 heavy (non-hydrogen) atoms. The van der Waals surface area contributed by atoms with Crippen LogP contribution in [-0.4, -0.2) is 31.4 Å². The molecule has 6 heteroatoms. The topological polar surface area (TPSA) is 0 Å². The zero-order valence-electron chi connectivity index (χ0n) is 18.1. The highest BCUT2D eigenvalue weighted by Crippen LogP contribution is 2.23. The van der Waals surface area contributed by atoms with Crippen LogP contribution in [0.2, 0.25) is 0 Å². The van der Waals surface area contributed by atoms with E-state index in [2.05, 4.69) is 63.2 Å². The summed E-state index contributed by atoms with van der Waals surface area (Å²) in [6.07, 6.45) is 7.95. The Kier molecular flexibility index (Phi) is 11.3. The molecule has 2 aromatic rings. The Morgan fingerprint density at radius 2 is 1.14 bits per heavy atom. The van der Waals surface area contributed by atoms with Gasteiger partial charge >= 0.3 is 7.25 Å². The average Bonchev–Trinajstić information content (AvgIpc) is 2.67. The maximum Gasteiger partial charge on any atom is 0.673 e. The fraction of sp³-hybridized carbons (Fsp3) is 0.565. The molecule has 2 rings (SSSR count). The summed E-state index contributed by atoms with van der Waals surface area (Å²) >= 11 is 0. The normalized spacial score (nSPS) is 12.0. The van der Waals surface area contributed by atoms with Crippen molar-refractivity contribution >= 4 is 18.0 Å². The summed E-state index contributed by atoms with van der Waals surface area (Å²) in [5.41, 5.74) is 1.51. The molecule has 0 unspecified atom stereocenters. The van der Waals surface area contributed by atoms with Gasteiger partial charge in [-0.15, -0.1) is 0 Å². The minimum atomic E-state index is -6.00. The molecule has 164 valence electrons. The van der Waals surface area contributed by atoms with Gasteiger partial charge in [0.15, 0.2) is 0 Å². The van der Waals surface area contributed by atoms with Crippen molar-refractivity contribution in [2.24, 2.45) is 0 Å². The number of hydrogen-bond donors (Lipinski definition) is 0. The van der Waals surface area contributed by atoms with Crippen LogP contribution in [0.3, 0.4) is 0 Å². The molecule has 0 atom stereocenters. The molecule has 0 spiro atoms. The first-order valence-corrected chi connectivity index (χ1v) is 10.9. The third kappa shape index (κ3) is 10.7. The van der Waals surface area contributed by atoms with E-state index in [0.29, 0.717) is 0 Å². The summed E-state index contributed by atoms with van der Waals surface area (Å²) in [5.74, 6) is 0. The highest BCUT2D eigenvalue weighted by molar-refractivity contribution is 6.50. The van der Waals surface area contributed by atoms with Crippen LogP contribution in [0.25, 0.3) is 10.8 Å². The molecular weight excluding hydrogens is 377 g/mol. The summed E-state index contributed by atoms with van der Waals surface area (Å²) in [6, 6.07) is 15.8. The van der Waals surface area contributed by atoms with Crippen LogP contribution in [0.1, 0.15) is 64.9 Å². The largest absolute Gasteiger partial charge is 0.673 e. The molecule has 0 saturated heterocycles. The lowest BCUT2D eigenvalue weighted by molar-refractivity contribution is -0.941. The van der Waals surface area contributed by atoms with Gasteiger partial charge in [-0.1, -0.05) is 76.4 Å². The Labute approximate surface area is 173 Å². The smallest absolute Gasteiger partial charge is 0.418 e. The lowest BCUT2D eigenvalue weighted by Gasteiger charge is -2.39. The molecule has 0 N–H and O–H groups in total. The number of quaternary nitrogens is 1. The minimum absolute atomic E-state index is 1.20. The van der Waals surface area contributed by atoms with Gasteiger partial charge < -0.3 is 21.7 Å². The van der Waals surface area contributed by atoms with Crippen LogP contribution in [0.4, 0.5) is 17.3 Å². The SMILES string of the molecule is CCCC[N+](CCCC)(CCCC)Cc1ccc2ccccc2c1.F[B-](F)(F)F. The number of nitrogens with zero attached hydrogens (tertiary/aromatic N) is 1. The Morgan fingerprint density at radius 3 is 1.59 bits per heavy atom. The lowest BCUT2D eigenvalue weighted by atomic mass is 10.0. The van der Waals surface area contributed by atoms with E-state index in [1.54, 1.807) is 0 Å². The lowest BCUT2D eigenvalue weighted by Crippen LogP contribution is -2.49. The van der Waals surface area contributed by atoms with Crippen LogP contribution >= 0.6 is 0 Å². The molecule has 0 radical (unpaired) electrons. The second-order valence-corrected chi connectivity index (χ2v) is 7.91. The zero-order valence-corrected chi connectivity index (χ0v) is 18.1. The summed E-state index contributed by atoms with van der Waals surface area (Å²) in [4.78, 5) is 0. The number of fused-ring (bicyclic) bond motifs is 1. The number of rotatable bonds is 11. The number of halogens is 4. The third-order valence-electron chi connectivity index (χ3n) is 5.29. The van der Waals surface area contributed by atoms with Crippen molar-refractivity contribution in [1.29, 1.82) is 0 Å². The van der Waals surface area contributed by atoms with Crippen molar-refractivity contribution in [3.63, 3.8) is 0 Å². The van der Waals surface area contributed by atoms with Gasteiger partial charge in [0.05, 0.1) is 19.6 Å². The van der Waals surface area contributed by atoms with E-state index in [1.807, 2.05) is 0 Å². The first-order chi connectivity index (χ1) is 13.7. The number of hydrogen-bond acceptors (Lipinski definition) is 0. The Balaban J connectivity index is 0.000000749. The molecule has 2 aromatic carbocycles. The van der Waals surface area contributed by atoms with E-state index in [9.17, 15) is 17.3 Å². The van der Waals surface area contributed by atoms with Crippen LogP contribution in [0.15, 0.2) is 42.5 Å². The van der Waals surface area contributed by atoms with Crippen LogP contribution < -0.4 is 0 Å². The van der Waals surface area contributed by atoms with Gasteiger partial charge in [0.2, 0.25) is 0 Å². The fourth-order valence-corrected chi connectivity index (χ4v) is 3.78. The molecule has 0 aromatic heterocycles. The fourth-order valence-electron chi connectivity index (χ4n) is 3.78. The highest BCUT2D eigenvalue weighted by Gasteiger charge is 2.26. The molecule has 0 aliphatic carbocycles. The minimum Gasteiger partial charge on any atom is -0.418 e. The highest BCUT2D eigenvalue weighted by atomic mass is 19.5. The van der Waals surface area contributed by atoms with E-state index in [4.69, 9.17) is 0 Å². The molecule has 0 saturated carbocycles. The van der Waals surface area contributed by atoms with Gasteiger partial charge in [-0.25, -0.2) is 0 Å². The standard InChI is InChI=1S/C23H36N.BF4/c1-4-7-16-24(17-8-5-2,18-9-6-3)20-21-14-15-22-12-10-11-13-23(22)19-21;2-1(3,4)5/h10-15,19H,4-9,16-18,20H2,1-3H3;/q+1;-1. The molecule has 0 aliphatic heterocycles. The number of unbranched alkanes of at least 4 members (excludes halogenated alkanes) is 3. The monoisotopic (exact) mass is 413 g/mol. The molecule has 1 nitrogen and oxygen atoms in total. The second-order valence-electron chi connectivity index (χ2n) is 7.91. The summed E-state index contributed by atoms with van der Waals surface area (Å²) in [7, 11) is -6.00. The van der Waals surface area contributed by atoms with E-state index < -0.39 is 7.25 Å². The van der Waals surface area contributed by atoms with Gasteiger partial charge in [0.25, 0.3) is 0 Å². The van der Waals surface area contributed by atoms with Crippen molar-refractivity contribution in [2.45, 2.75) is 65.8 Å². The quantitative estimate of drug-likeness (QED) is 0.200. The van der Waals surface area contributed by atoms with Crippen molar-refractivity contribution in [3.8, 4) is 0 Å². The van der Waals surface area contributed by atoms with Crippen LogP contribution in [0.5, 0.6) is 0 Å². The van der Waals surface area contributed by atoms with E-state index in [0.717, 1.165) is 0 Å². The molecular formula is C23H36BF4N. The molecule has 0 bridgehead atoms. The average molecular weight is 413 g/mol. The maximum absolute atomic E-state index is 9.75. The van der Waals surface area contributed by atoms with Crippen LogP contribution in [0, 0.1) is 0 Å². The predicted molar refractivity (Wildman–Crippen MR) is 117 cm³/mol. The van der Waals surface area contributed by atoms with Crippen molar-refractivity contribution in [1.82, 2.24) is 0 Å². The third-order valence-corrected chi connectivity index (χ3v) is 5.29. The van der Waals surface area contributed by atoms with Crippen molar-refractivity contribution in [3.05, 3.63) is 48.0 Å². The molecule has 0 aliphatic rings. The molecule has 0 fully saturated rings. The Hall–Kier alpha value is -1.56. The van der Waals surface area contributed by atoms with E-state index in [-0.39, 0.29) is 0 Å². The zero-order chi connectivity index (χ0) is 21.8. The second kappa shape index (κ2) is 12.9. The van der Waals surface area contributed by atoms with E-state index in [1.165, 1.54) is 85.5 Å². The van der Waals surface area contributed by atoms with Crippen LogP contribution in [-0.2, 0) is 6.54 Å². The van der Waals surface area contributed by atoms with Gasteiger partial charge in [0.1, 0.15) is 6.54 Å². The van der Waals surface area contributed by atoms with Crippen molar-refractivity contribution in [2.75, 3.05) is 19.6 Å². The Morgan fingerprint density at radius 1 is 0.690 bits per heavy atom. The maximum atomic E-state index is 9.75. The predicted octanol–water partition coefficient (Wildman–Crippen LogP) is 7.86. The van der Waals surface area contributed by atoms with Crippen molar-refractivity contribution < 1.29 is 21.7 Å². The Bertz CT molecular complexity index is 675. The first-order valence-electron chi connectivity index (χ1n) is 10.9. The van der Waals surface area contributed by atoms with Gasteiger partial charge in [0, 0.05) is 5.56 Å². The van der Waals surface area contributed by atoms with Gasteiger partial charge in [-0.2, -0.15) is 0 Å². The summed E-state index contributed by atoms with van der Waals surface area (Å²) < 4.78 is 40.3. The number of benzene rings is 2. The van der Waals surface area contributed by atoms with Gasteiger partial charge in [-0.05, 0) is 36.1 Å². The molecule has 0 amide bonds.